The van der Waals surface area contributed by atoms with Gasteiger partial charge in [0.2, 0.25) is 0 Å². The molecule has 114 valence electrons. The Bertz CT molecular complexity index is 504. The molecular formula is C18H24O3. The van der Waals surface area contributed by atoms with Crippen LogP contribution < -0.4 is 0 Å². The molecule has 1 aromatic carbocycles. The lowest BCUT2D eigenvalue weighted by atomic mass is 9.64. The lowest BCUT2D eigenvalue weighted by molar-refractivity contribution is -0.153. The van der Waals surface area contributed by atoms with E-state index in [9.17, 15) is 9.59 Å². The minimum absolute atomic E-state index is 0.0877. The molecule has 1 saturated carbocycles. The van der Waals surface area contributed by atoms with E-state index in [-0.39, 0.29) is 23.6 Å². The fraction of sp³-hybridized carbons (Fsp3) is 0.556. The number of carbonyl (C=O) groups excluding carboxylic acids is 2. The number of hydrogen-bond donors (Lipinski definition) is 0. The minimum Gasteiger partial charge on any atom is -0.469 e. The summed E-state index contributed by atoms with van der Waals surface area (Å²) in [5.74, 6) is -0.184. The van der Waals surface area contributed by atoms with E-state index >= 15 is 0 Å². The van der Waals surface area contributed by atoms with Crippen LogP contribution in [-0.2, 0) is 14.3 Å². The SMILES string of the molecule is COC(=O)C(C)(C)[C@@H](c1ccccc1)[C@@H]1CCCCC1=O. The number of benzene rings is 1. The van der Waals surface area contributed by atoms with E-state index in [4.69, 9.17) is 4.74 Å². The molecule has 1 fully saturated rings. The van der Waals surface area contributed by atoms with Crippen LogP contribution >= 0.6 is 0 Å². The highest BCUT2D eigenvalue weighted by Gasteiger charge is 2.45. The smallest absolute Gasteiger partial charge is 0.311 e. The molecule has 3 heteroatoms. The Hall–Kier alpha value is -1.64. The summed E-state index contributed by atoms with van der Waals surface area (Å²) in [6, 6.07) is 9.90. The molecule has 0 radical (unpaired) electrons. The maximum absolute atomic E-state index is 12.4. The van der Waals surface area contributed by atoms with E-state index in [1.54, 1.807) is 0 Å². The van der Waals surface area contributed by atoms with E-state index in [2.05, 4.69) is 0 Å². The second-order valence-corrected chi connectivity index (χ2v) is 6.42. The zero-order chi connectivity index (χ0) is 15.5. The molecule has 0 amide bonds. The van der Waals surface area contributed by atoms with Crippen LogP contribution in [0.5, 0.6) is 0 Å². The summed E-state index contributed by atoms with van der Waals surface area (Å²) in [5, 5.41) is 0. The van der Waals surface area contributed by atoms with Gasteiger partial charge in [0, 0.05) is 18.3 Å². The fourth-order valence-electron chi connectivity index (χ4n) is 3.56. The second-order valence-electron chi connectivity index (χ2n) is 6.42. The molecule has 0 aliphatic heterocycles. The zero-order valence-corrected chi connectivity index (χ0v) is 13.1. The topological polar surface area (TPSA) is 43.4 Å². The van der Waals surface area contributed by atoms with Gasteiger partial charge in [0.15, 0.2) is 0 Å². The van der Waals surface area contributed by atoms with E-state index < -0.39 is 5.41 Å². The van der Waals surface area contributed by atoms with Crippen molar-refractivity contribution in [3.05, 3.63) is 35.9 Å². The van der Waals surface area contributed by atoms with Crippen LogP contribution in [0, 0.1) is 11.3 Å². The van der Waals surface area contributed by atoms with Crippen molar-refractivity contribution in [1.29, 1.82) is 0 Å². The van der Waals surface area contributed by atoms with Gasteiger partial charge >= 0.3 is 5.97 Å². The van der Waals surface area contributed by atoms with Crippen LogP contribution in [0.4, 0.5) is 0 Å². The second kappa shape index (κ2) is 6.42. The minimum atomic E-state index is -0.715. The van der Waals surface area contributed by atoms with Gasteiger partial charge < -0.3 is 4.74 Å². The third kappa shape index (κ3) is 3.17. The molecule has 1 aromatic rings. The Labute approximate surface area is 126 Å². The number of hydrogen-bond acceptors (Lipinski definition) is 3. The highest BCUT2D eigenvalue weighted by atomic mass is 16.5. The third-order valence-electron chi connectivity index (χ3n) is 4.65. The number of rotatable bonds is 4. The first-order chi connectivity index (χ1) is 9.98. The quantitative estimate of drug-likeness (QED) is 0.793. The summed E-state index contributed by atoms with van der Waals surface area (Å²) >= 11 is 0. The first kappa shape index (κ1) is 15.7. The van der Waals surface area contributed by atoms with E-state index in [1.165, 1.54) is 7.11 Å². The zero-order valence-electron chi connectivity index (χ0n) is 13.1. The Morgan fingerprint density at radius 1 is 1.24 bits per heavy atom. The molecule has 0 bridgehead atoms. The van der Waals surface area contributed by atoms with Crippen molar-refractivity contribution in [2.45, 2.75) is 45.4 Å². The van der Waals surface area contributed by atoms with E-state index in [0.717, 1.165) is 24.8 Å². The first-order valence-electron chi connectivity index (χ1n) is 7.64. The highest BCUT2D eigenvalue weighted by Crippen LogP contribution is 2.46. The molecule has 1 aliphatic rings. The van der Waals surface area contributed by atoms with Crippen LogP contribution in [0.15, 0.2) is 30.3 Å². The largest absolute Gasteiger partial charge is 0.469 e. The highest BCUT2D eigenvalue weighted by molar-refractivity contribution is 5.85. The Morgan fingerprint density at radius 3 is 2.48 bits per heavy atom. The summed E-state index contributed by atoms with van der Waals surface area (Å²) in [6.45, 7) is 3.77. The summed E-state index contributed by atoms with van der Waals surface area (Å²) in [7, 11) is 1.41. The van der Waals surface area contributed by atoms with Crippen molar-refractivity contribution >= 4 is 11.8 Å². The van der Waals surface area contributed by atoms with Gasteiger partial charge in [-0.25, -0.2) is 0 Å². The molecule has 0 saturated heterocycles. The van der Waals surface area contributed by atoms with Crippen LogP contribution in [0.25, 0.3) is 0 Å². The summed E-state index contributed by atoms with van der Waals surface area (Å²) < 4.78 is 4.99. The maximum atomic E-state index is 12.4. The van der Waals surface area contributed by atoms with Crippen molar-refractivity contribution < 1.29 is 14.3 Å². The Balaban J connectivity index is 2.44. The van der Waals surface area contributed by atoms with Crippen LogP contribution in [0.3, 0.4) is 0 Å². The van der Waals surface area contributed by atoms with Gasteiger partial charge in [-0.3, -0.25) is 9.59 Å². The molecular weight excluding hydrogens is 264 g/mol. The molecule has 2 rings (SSSR count). The molecule has 0 spiro atoms. The summed E-state index contributed by atoms with van der Waals surface area (Å²) in [4.78, 5) is 24.7. The van der Waals surface area contributed by atoms with E-state index in [0.29, 0.717) is 6.42 Å². The number of methoxy groups -OCH3 is 1. The first-order valence-corrected chi connectivity index (χ1v) is 7.64. The molecule has 21 heavy (non-hydrogen) atoms. The summed E-state index contributed by atoms with van der Waals surface area (Å²) in [5.41, 5.74) is 0.335. The average Bonchev–Trinajstić information content (AvgIpc) is 2.49. The van der Waals surface area contributed by atoms with Gasteiger partial charge in [0.1, 0.15) is 5.78 Å². The third-order valence-corrected chi connectivity index (χ3v) is 4.65. The van der Waals surface area contributed by atoms with Gasteiger partial charge in [0.05, 0.1) is 12.5 Å². The van der Waals surface area contributed by atoms with E-state index in [1.807, 2.05) is 44.2 Å². The molecule has 2 atom stereocenters. The molecule has 0 unspecified atom stereocenters. The predicted molar refractivity (Wildman–Crippen MR) is 81.9 cm³/mol. The van der Waals surface area contributed by atoms with Crippen LogP contribution in [-0.4, -0.2) is 18.9 Å². The normalized spacial score (nSPS) is 20.9. The Kier molecular flexibility index (Phi) is 4.81. The number of esters is 1. The Morgan fingerprint density at radius 2 is 1.90 bits per heavy atom. The predicted octanol–water partition coefficient (Wildman–Crippen LogP) is 3.73. The van der Waals surface area contributed by atoms with Crippen molar-refractivity contribution in [2.75, 3.05) is 7.11 Å². The lowest BCUT2D eigenvalue weighted by Gasteiger charge is -2.38. The standard InChI is InChI=1S/C18H24O3/c1-18(2,17(20)21-3)16(13-9-5-4-6-10-13)14-11-7-8-12-15(14)19/h4-6,9-10,14,16H,7-8,11-12H2,1-3H3/t14-,16+/m1/s1. The molecule has 3 nitrogen and oxygen atoms in total. The lowest BCUT2D eigenvalue weighted by Crippen LogP contribution is -2.40. The summed E-state index contributed by atoms with van der Waals surface area (Å²) in [6.07, 6.45) is 3.51. The number of carbonyl (C=O) groups is 2. The number of ether oxygens (including phenoxy) is 1. The van der Waals surface area contributed by atoms with Crippen molar-refractivity contribution in [3.8, 4) is 0 Å². The molecule has 0 aromatic heterocycles. The molecule has 0 heterocycles. The monoisotopic (exact) mass is 288 g/mol. The fourth-order valence-corrected chi connectivity index (χ4v) is 3.56. The van der Waals surface area contributed by atoms with Gasteiger partial charge in [-0.15, -0.1) is 0 Å². The number of ketones is 1. The van der Waals surface area contributed by atoms with Gasteiger partial charge in [-0.2, -0.15) is 0 Å². The number of Topliss-reactive ketones (excluding diaryl/α,β-unsaturated/α-hetero) is 1. The average molecular weight is 288 g/mol. The van der Waals surface area contributed by atoms with Crippen molar-refractivity contribution in [1.82, 2.24) is 0 Å². The molecule has 0 N–H and O–H groups in total. The van der Waals surface area contributed by atoms with Gasteiger partial charge in [-0.05, 0) is 32.3 Å². The van der Waals surface area contributed by atoms with Gasteiger partial charge in [-0.1, -0.05) is 36.8 Å². The van der Waals surface area contributed by atoms with Crippen LogP contribution in [0.2, 0.25) is 0 Å². The van der Waals surface area contributed by atoms with Crippen molar-refractivity contribution in [2.24, 2.45) is 11.3 Å². The van der Waals surface area contributed by atoms with Crippen LogP contribution in [0.1, 0.15) is 51.0 Å². The molecule has 1 aliphatic carbocycles. The van der Waals surface area contributed by atoms with Crippen molar-refractivity contribution in [3.63, 3.8) is 0 Å². The maximum Gasteiger partial charge on any atom is 0.311 e. The van der Waals surface area contributed by atoms with Gasteiger partial charge in [0.25, 0.3) is 0 Å².